The summed E-state index contributed by atoms with van der Waals surface area (Å²) in [6.45, 7) is 3.89. The van der Waals surface area contributed by atoms with E-state index in [9.17, 15) is 0 Å². The molecule has 2 aromatic rings. The molecule has 0 spiro atoms. The Balaban J connectivity index is 1.38. The molecule has 0 aliphatic carbocycles. The molecule has 0 bridgehead atoms. The van der Waals surface area contributed by atoms with Gasteiger partial charge >= 0.3 is 0 Å². The highest BCUT2D eigenvalue weighted by atomic mass is 15.2. The normalized spacial score (nSPS) is 11.6. The molecule has 2 rings (SSSR count). The molecule has 5 nitrogen and oxygen atoms in total. The smallest absolute Gasteiger partial charge is 0.209 e. The summed E-state index contributed by atoms with van der Waals surface area (Å²) in [5.74, 6) is 0.592. The Hall–Kier alpha value is -2.48. The van der Waals surface area contributed by atoms with E-state index in [2.05, 4.69) is 51.9 Å². The van der Waals surface area contributed by atoms with E-state index >= 15 is 0 Å². The summed E-state index contributed by atoms with van der Waals surface area (Å²) in [5.41, 5.74) is 2.44. The molecule has 0 aliphatic heterocycles. The van der Waals surface area contributed by atoms with Crippen LogP contribution in [0.15, 0.2) is 35.5 Å². The number of para-hydroxylation sites is 1. The quantitative estimate of drug-likeness (QED) is 0.0707. The second-order valence-corrected chi connectivity index (χ2v) is 10.2. The van der Waals surface area contributed by atoms with Crippen LogP contribution in [0, 0.1) is 11.5 Å². The van der Waals surface area contributed by atoms with Gasteiger partial charge in [0.15, 0.2) is 0 Å². The maximum Gasteiger partial charge on any atom is 0.209 e. The largest absolute Gasteiger partial charge is 0.361 e. The number of hydrogen-bond acceptors (Lipinski definition) is 2. The molecule has 36 heavy (non-hydrogen) atoms. The van der Waals surface area contributed by atoms with Crippen LogP contribution in [-0.4, -0.2) is 24.0 Å². The van der Waals surface area contributed by atoms with Crippen molar-refractivity contribution in [3.63, 3.8) is 0 Å². The van der Waals surface area contributed by atoms with Crippen molar-refractivity contribution in [1.82, 2.24) is 15.6 Å². The number of aliphatic imine (C=N–C) groups is 1. The lowest BCUT2D eigenvalue weighted by Gasteiger charge is -2.11. The second-order valence-electron chi connectivity index (χ2n) is 10.2. The van der Waals surface area contributed by atoms with Gasteiger partial charge in [0, 0.05) is 30.2 Å². The fraction of sp³-hybridized carbons (Fsp3) is 0.677. The molecule has 0 unspecified atom stereocenters. The number of nitrogens with zero attached hydrogens (tertiary/aromatic N) is 2. The number of guanidine groups is 1. The average molecular weight is 494 g/mol. The second kappa shape index (κ2) is 20.7. The van der Waals surface area contributed by atoms with E-state index in [0.717, 1.165) is 31.4 Å². The number of aromatic nitrogens is 1. The van der Waals surface area contributed by atoms with Crippen molar-refractivity contribution in [2.45, 2.75) is 122 Å². The van der Waals surface area contributed by atoms with Gasteiger partial charge in [0.05, 0.1) is 0 Å². The lowest BCUT2D eigenvalue weighted by Crippen LogP contribution is -2.38. The highest BCUT2D eigenvalue weighted by Crippen LogP contribution is 2.17. The third kappa shape index (κ3) is 13.6. The van der Waals surface area contributed by atoms with Crippen molar-refractivity contribution in [3.05, 3.63) is 36.0 Å². The van der Waals surface area contributed by atoms with Crippen LogP contribution < -0.4 is 10.6 Å². The summed E-state index contributed by atoms with van der Waals surface area (Å²) < 4.78 is 0. The Morgan fingerprint density at radius 1 is 0.750 bits per heavy atom. The fourth-order valence-corrected chi connectivity index (χ4v) is 4.90. The van der Waals surface area contributed by atoms with E-state index in [1.54, 1.807) is 0 Å². The molecule has 1 heterocycles. The van der Waals surface area contributed by atoms with Crippen LogP contribution in [0.2, 0.25) is 0 Å². The maximum absolute atomic E-state index is 8.99. The van der Waals surface area contributed by atoms with Crippen molar-refractivity contribution in [2.75, 3.05) is 13.1 Å². The molecular weight excluding hydrogens is 442 g/mol. The highest BCUT2D eigenvalue weighted by molar-refractivity contribution is 5.83. The van der Waals surface area contributed by atoms with Gasteiger partial charge in [0.2, 0.25) is 12.2 Å². The first kappa shape index (κ1) is 29.7. The van der Waals surface area contributed by atoms with Crippen molar-refractivity contribution < 1.29 is 0 Å². The Morgan fingerprint density at radius 3 is 1.86 bits per heavy atom. The van der Waals surface area contributed by atoms with E-state index in [1.807, 2.05) is 12.3 Å². The van der Waals surface area contributed by atoms with E-state index in [0.29, 0.717) is 5.96 Å². The first-order chi connectivity index (χ1) is 17.8. The zero-order valence-corrected chi connectivity index (χ0v) is 22.9. The highest BCUT2D eigenvalue weighted by Gasteiger charge is 2.04. The van der Waals surface area contributed by atoms with Gasteiger partial charge in [-0.25, -0.2) is 0 Å². The number of hydrogen-bond donors (Lipinski definition) is 3. The minimum Gasteiger partial charge on any atom is -0.361 e. The van der Waals surface area contributed by atoms with Crippen LogP contribution in [0.3, 0.4) is 0 Å². The van der Waals surface area contributed by atoms with Gasteiger partial charge in [-0.2, -0.15) is 5.26 Å². The van der Waals surface area contributed by atoms with E-state index < -0.39 is 0 Å². The van der Waals surface area contributed by atoms with Crippen molar-refractivity contribution in [2.24, 2.45) is 4.99 Å². The summed E-state index contributed by atoms with van der Waals surface area (Å²) >= 11 is 0. The summed E-state index contributed by atoms with van der Waals surface area (Å²) in [5, 5.41) is 16.8. The Bertz CT molecular complexity index is 863. The third-order valence-corrected chi connectivity index (χ3v) is 7.10. The number of H-pyrrole nitrogens is 1. The lowest BCUT2D eigenvalue weighted by atomic mass is 10.0. The Kier molecular flexibility index (Phi) is 17.1. The van der Waals surface area contributed by atoms with Gasteiger partial charge in [0.1, 0.15) is 0 Å². The molecule has 3 N–H and O–H groups in total. The Labute approximate surface area is 220 Å². The molecule has 5 heteroatoms. The topological polar surface area (TPSA) is 76.0 Å². The molecule has 0 fully saturated rings. The summed E-state index contributed by atoms with van der Waals surface area (Å²) in [4.78, 5) is 7.23. The number of nitriles is 1. The molecule has 0 saturated heterocycles. The zero-order chi connectivity index (χ0) is 25.5. The molecule has 0 aliphatic rings. The van der Waals surface area contributed by atoms with Crippen LogP contribution >= 0.6 is 0 Å². The molecule has 0 amide bonds. The van der Waals surface area contributed by atoms with Crippen LogP contribution in [0.25, 0.3) is 10.9 Å². The molecular formula is C31H51N5. The average Bonchev–Trinajstić information content (AvgIpc) is 3.31. The first-order valence-electron chi connectivity index (χ1n) is 14.8. The predicted molar refractivity (Wildman–Crippen MR) is 155 cm³/mol. The zero-order valence-electron chi connectivity index (χ0n) is 22.9. The van der Waals surface area contributed by atoms with Crippen LogP contribution in [0.4, 0.5) is 0 Å². The summed E-state index contributed by atoms with van der Waals surface area (Å²) in [6, 6.07) is 8.34. The van der Waals surface area contributed by atoms with Gasteiger partial charge in [0.25, 0.3) is 0 Å². The lowest BCUT2D eigenvalue weighted by molar-refractivity contribution is 0.526. The van der Waals surface area contributed by atoms with Gasteiger partial charge in [-0.15, -0.1) is 4.99 Å². The third-order valence-electron chi connectivity index (χ3n) is 7.10. The minimum atomic E-state index is 0.592. The molecule has 1 aromatic carbocycles. The number of unbranched alkanes of at least 4 members (excludes halogenated alkanes) is 16. The van der Waals surface area contributed by atoms with Crippen LogP contribution in [-0.2, 0) is 6.42 Å². The van der Waals surface area contributed by atoms with Gasteiger partial charge in [-0.3, -0.25) is 0 Å². The minimum absolute atomic E-state index is 0.592. The van der Waals surface area contributed by atoms with Crippen LogP contribution in [0.1, 0.15) is 122 Å². The molecule has 0 saturated carbocycles. The molecule has 1 aromatic heterocycles. The number of fused-ring (bicyclic) bond motifs is 1. The number of benzene rings is 1. The standard InChI is InChI=1S/C31H51N5/c1-2-3-4-5-6-7-8-9-10-11-12-13-14-15-16-17-20-24-33-31(36-27-32)34-25-23-28-26-35-30-22-19-18-21-29(28)30/h18-19,21-22,26,35H,2-17,20,23-25H2,1H3,(H2,33,34,36). The van der Waals surface area contributed by atoms with Crippen molar-refractivity contribution >= 4 is 16.9 Å². The number of rotatable bonds is 21. The summed E-state index contributed by atoms with van der Waals surface area (Å²) in [6.07, 6.45) is 28.3. The molecule has 200 valence electrons. The van der Waals surface area contributed by atoms with Crippen molar-refractivity contribution in [3.8, 4) is 6.19 Å². The van der Waals surface area contributed by atoms with E-state index in [1.165, 1.54) is 114 Å². The first-order valence-corrected chi connectivity index (χ1v) is 14.8. The number of aromatic amines is 1. The van der Waals surface area contributed by atoms with E-state index in [4.69, 9.17) is 5.26 Å². The predicted octanol–water partition coefficient (Wildman–Crippen LogP) is 8.38. The Morgan fingerprint density at radius 2 is 1.28 bits per heavy atom. The summed E-state index contributed by atoms with van der Waals surface area (Å²) in [7, 11) is 0. The van der Waals surface area contributed by atoms with Crippen LogP contribution in [0.5, 0.6) is 0 Å². The van der Waals surface area contributed by atoms with Crippen molar-refractivity contribution in [1.29, 1.82) is 5.26 Å². The molecule has 0 atom stereocenters. The molecule has 0 radical (unpaired) electrons. The maximum atomic E-state index is 8.99. The monoisotopic (exact) mass is 493 g/mol. The van der Waals surface area contributed by atoms with E-state index in [-0.39, 0.29) is 0 Å². The fourth-order valence-electron chi connectivity index (χ4n) is 4.90. The number of nitrogens with one attached hydrogen (secondary N) is 3. The van der Waals surface area contributed by atoms with Gasteiger partial charge < -0.3 is 15.6 Å². The van der Waals surface area contributed by atoms with Gasteiger partial charge in [-0.05, 0) is 24.5 Å². The van der Waals surface area contributed by atoms with Gasteiger partial charge in [-0.1, -0.05) is 128 Å². The SMILES string of the molecule is CCCCCCCCCCCCCCCCCCCN/C(=N\C#N)NCCc1c[nH]c2ccccc12.